The summed E-state index contributed by atoms with van der Waals surface area (Å²) in [7, 11) is -1.63. The minimum atomic E-state index is -1.83. The number of rotatable bonds is 12. The Kier molecular flexibility index (Phi) is 15.4. The molecule has 6 aromatic rings. The van der Waals surface area contributed by atoms with Gasteiger partial charge in [-0.15, -0.1) is 0 Å². The fraction of sp³-hybridized carbons (Fsp3) is 0.0526. The van der Waals surface area contributed by atoms with E-state index >= 15 is 0 Å². The van der Waals surface area contributed by atoms with Crippen LogP contribution >= 0.6 is 39.4 Å². The average Bonchev–Trinajstić information content (AvgIpc) is 3.11. The van der Waals surface area contributed by atoms with Crippen molar-refractivity contribution in [3.8, 4) is 11.5 Å². The van der Waals surface area contributed by atoms with Gasteiger partial charge in [0.1, 0.15) is 0 Å². The van der Waals surface area contributed by atoms with Crippen molar-refractivity contribution in [3.63, 3.8) is 0 Å². The second-order valence-corrected chi connectivity index (χ2v) is 17.4. The van der Waals surface area contributed by atoms with E-state index in [1.165, 1.54) is 31.8 Å². The van der Waals surface area contributed by atoms with Crippen molar-refractivity contribution in [1.29, 1.82) is 0 Å². The number of para-hydroxylation sites is 2. The smallest absolute Gasteiger partial charge is 1.00 e. The average molecular weight is 809 g/mol. The van der Waals surface area contributed by atoms with Gasteiger partial charge in [0.2, 0.25) is 0 Å². The van der Waals surface area contributed by atoms with Crippen LogP contribution in [0.1, 0.15) is 0 Å². The first-order valence-electron chi connectivity index (χ1n) is 14.5. The van der Waals surface area contributed by atoms with Gasteiger partial charge >= 0.3 is 292 Å². The molecule has 0 spiro atoms. The summed E-state index contributed by atoms with van der Waals surface area (Å²) >= 11 is 1.63. The summed E-state index contributed by atoms with van der Waals surface area (Å²) < 4.78 is 13.7. The number of hydrogen-bond acceptors (Lipinski definition) is 4. The van der Waals surface area contributed by atoms with E-state index in [9.17, 15) is 0 Å². The number of halogens is 2. The topological polar surface area (TPSA) is 18.5 Å². The third-order valence-electron chi connectivity index (χ3n) is 7.18. The standard InChI is InChI=1S/2C19H17OPS.2ClH.Zr/c2*1-22-18-14-8-13-17(19(18)20)21(15-9-4-2-5-10-15)16-11-6-3-7-12-16;;;/h2*2-14,20H,1H3;2*1H;/q;;;;+4/p-4. The zero-order valence-electron chi connectivity index (χ0n) is 25.8. The van der Waals surface area contributed by atoms with Crippen LogP contribution < -0.4 is 62.3 Å². The fourth-order valence-corrected chi connectivity index (χ4v) is 13.6. The number of benzene rings is 6. The van der Waals surface area contributed by atoms with Gasteiger partial charge in [-0.1, -0.05) is 0 Å². The summed E-state index contributed by atoms with van der Waals surface area (Å²) in [5.74, 6) is 1.93. The molecule has 0 unspecified atom stereocenters. The Balaban J connectivity index is 0.00000250. The molecule has 0 aromatic heterocycles. The van der Waals surface area contributed by atoms with E-state index in [2.05, 4.69) is 170 Å². The molecule has 0 aliphatic rings. The summed E-state index contributed by atoms with van der Waals surface area (Å²) in [5.41, 5.74) is 0. The molecule has 6 rings (SSSR count). The number of thioether (sulfide) groups is 2. The first-order chi connectivity index (χ1) is 22.3. The van der Waals surface area contributed by atoms with Crippen LogP contribution in [0.2, 0.25) is 0 Å². The minimum Gasteiger partial charge on any atom is -1.00 e. The molecule has 0 saturated carbocycles. The van der Waals surface area contributed by atoms with Crippen molar-refractivity contribution < 1.29 is 54.6 Å². The van der Waals surface area contributed by atoms with E-state index in [1.807, 2.05) is 0 Å². The maximum Gasteiger partial charge on any atom is -1.00 e. The van der Waals surface area contributed by atoms with Crippen molar-refractivity contribution in [3.05, 3.63) is 158 Å². The van der Waals surface area contributed by atoms with Crippen LogP contribution in [0.5, 0.6) is 11.5 Å². The molecule has 0 aliphatic carbocycles. The molecule has 2 nitrogen and oxygen atoms in total. The predicted octanol–water partition coefficient (Wildman–Crippen LogP) is 2.03. The van der Waals surface area contributed by atoms with Crippen LogP contribution in [-0.4, -0.2) is 12.5 Å². The molecular weight excluding hydrogens is 777 g/mol. The van der Waals surface area contributed by atoms with E-state index in [1.54, 1.807) is 23.5 Å². The zero-order valence-corrected chi connectivity index (χ0v) is 33.2. The van der Waals surface area contributed by atoms with Crippen molar-refractivity contribution in [1.82, 2.24) is 0 Å². The molecule has 0 saturated heterocycles. The second-order valence-electron chi connectivity index (χ2n) is 9.92. The molecule has 0 fully saturated rings. The van der Waals surface area contributed by atoms with Gasteiger partial charge in [-0.2, -0.15) is 0 Å². The fourth-order valence-electron chi connectivity index (χ4n) is 5.15. The molecule has 0 aliphatic heterocycles. The Hall–Kier alpha value is -2.06. The maximum absolute atomic E-state index is 6.87. The SMILES string of the molecule is CSc1cccc(P(c2ccccc2)c2ccccc2)c1[O][Zr+2][O]c1c(SC)cccc1P(c1ccccc1)c1ccccc1.[Cl-].[Cl-]. The van der Waals surface area contributed by atoms with Crippen molar-refractivity contribution in [2.75, 3.05) is 12.5 Å². The van der Waals surface area contributed by atoms with Crippen LogP contribution in [0.15, 0.2) is 168 Å². The van der Waals surface area contributed by atoms with Crippen LogP contribution in [0, 0.1) is 0 Å². The van der Waals surface area contributed by atoms with Gasteiger partial charge in [-0.3, -0.25) is 0 Å². The van der Waals surface area contributed by atoms with Gasteiger partial charge in [0, 0.05) is 0 Å². The van der Waals surface area contributed by atoms with E-state index in [4.69, 9.17) is 5.63 Å². The third-order valence-corrected chi connectivity index (χ3v) is 15.0. The predicted molar refractivity (Wildman–Crippen MR) is 195 cm³/mol. The van der Waals surface area contributed by atoms with E-state index in [-0.39, 0.29) is 24.8 Å². The largest absolute Gasteiger partial charge is 1.00 e. The summed E-state index contributed by atoms with van der Waals surface area (Å²) in [6.45, 7) is 0. The number of hydrogen-bond donors (Lipinski definition) is 0. The Morgan fingerprint density at radius 1 is 0.404 bits per heavy atom. The Labute approximate surface area is 314 Å². The third kappa shape index (κ3) is 9.14. The molecule has 236 valence electrons. The van der Waals surface area contributed by atoms with Crippen molar-refractivity contribution in [2.24, 2.45) is 0 Å². The quantitative estimate of drug-likeness (QED) is 0.139. The van der Waals surface area contributed by atoms with E-state index in [0.29, 0.717) is 0 Å². The Bertz CT molecular complexity index is 1610. The molecule has 0 atom stereocenters. The maximum atomic E-state index is 6.87. The van der Waals surface area contributed by atoms with Crippen molar-refractivity contribution in [2.45, 2.75) is 9.79 Å². The Morgan fingerprint density at radius 2 is 0.702 bits per heavy atom. The van der Waals surface area contributed by atoms with Gasteiger partial charge in [-0.25, -0.2) is 0 Å². The molecule has 0 heterocycles. The molecule has 47 heavy (non-hydrogen) atoms. The summed E-state index contributed by atoms with van der Waals surface area (Å²) in [6, 6.07) is 56.4. The van der Waals surface area contributed by atoms with Gasteiger partial charge in [0.25, 0.3) is 0 Å². The normalized spacial score (nSPS) is 10.5. The Morgan fingerprint density at radius 3 is 0.979 bits per heavy atom. The second kappa shape index (κ2) is 19.2. The van der Waals surface area contributed by atoms with Crippen LogP contribution in [0.25, 0.3) is 0 Å². The van der Waals surface area contributed by atoms with Crippen molar-refractivity contribution >= 4 is 71.2 Å². The van der Waals surface area contributed by atoms with E-state index < -0.39 is 40.0 Å². The van der Waals surface area contributed by atoms with E-state index in [0.717, 1.165) is 21.3 Å². The van der Waals surface area contributed by atoms with Crippen LogP contribution in [0.3, 0.4) is 0 Å². The minimum absolute atomic E-state index is 0. The monoisotopic (exact) mass is 806 g/mol. The van der Waals surface area contributed by atoms with Gasteiger partial charge in [0.15, 0.2) is 0 Å². The summed E-state index contributed by atoms with van der Waals surface area (Å²) in [4.78, 5) is 2.29. The zero-order chi connectivity index (χ0) is 30.8. The first kappa shape index (κ1) is 37.8. The van der Waals surface area contributed by atoms with Gasteiger partial charge in [0.05, 0.1) is 0 Å². The summed E-state index contributed by atoms with van der Waals surface area (Å²) in [6.07, 6.45) is 4.25. The van der Waals surface area contributed by atoms with Crippen LogP contribution in [0.4, 0.5) is 0 Å². The molecule has 6 aromatic carbocycles. The van der Waals surface area contributed by atoms with Gasteiger partial charge in [-0.05, 0) is 0 Å². The molecular formula is C38H32Cl2O2P2S2Zr. The van der Waals surface area contributed by atoms with Gasteiger partial charge < -0.3 is 24.8 Å². The first-order valence-corrected chi connectivity index (χ1v) is 21.7. The molecule has 0 radical (unpaired) electrons. The molecule has 0 amide bonds. The molecule has 0 N–H and O–H groups in total. The molecule has 0 bridgehead atoms. The van der Waals surface area contributed by atoms with Crippen LogP contribution in [-0.2, 0) is 24.1 Å². The molecule has 9 heteroatoms. The summed E-state index contributed by atoms with van der Waals surface area (Å²) in [5, 5.41) is 7.68.